The van der Waals surface area contributed by atoms with Crippen molar-refractivity contribution in [1.29, 1.82) is 0 Å². The smallest absolute Gasteiger partial charge is 0.328 e. The monoisotopic (exact) mass is 292 g/mol. The van der Waals surface area contributed by atoms with Gasteiger partial charge in [-0.05, 0) is 36.9 Å². The van der Waals surface area contributed by atoms with Crippen LogP contribution in [0.5, 0.6) is 5.75 Å². The number of hydrogen-bond donors (Lipinski definition) is 1. The Balaban J connectivity index is 2.25. The Kier molecular flexibility index (Phi) is 4.44. The largest absolute Gasteiger partial charge is 0.497 e. The van der Waals surface area contributed by atoms with Gasteiger partial charge >= 0.3 is 5.97 Å². The minimum atomic E-state index is -0.936. The van der Waals surface area contributed by atoms with Gasteiger partial charge in [-0.3, -0.25) is 4.99 Å². The fraction of sp³-hybridized carbons (Fsp3) is 0.357. The number of aliphatic imine (C=N–C) groups is 2. The summed E-state index contributed by atoms with van der Waals surface area (Å²) in [6.07, 6.45) is 2.53. The van der Waals surface area contributed by atoms with E-state index in [0.29, 0.717) is 11.5 Å². The molecule has 6 heteroatoms. The second-order valence-electron chi connectivity index (χ2n) is 4.38. The number of aliphatic carboxylic acids is 1. The molecule has 1 aliphatic heterocycles. The lowest BCUT2D eigenvalue weighted by atomic mass is 10.1. The zero-order valence-electron chi connectivity index (χ0n) is 11.6. The fourth-order valence-electron chi connectivity index (χ4n) is 1.90. The second-order valence-corrected chi connectivity index (χ2v) is 5.18. The van der Waals surface area contributed by atoms with Crippen LogP contribution in [-0.2, 0) is 11.2 Å². The number of rotatable bonds is 4. The number of ether oxygens (including phenoxy) is 1. The summed E-state index contributed by atoms with van der Waals surface area (Å²) in [5, 5.41) is 9.61. The average Bonchev–Trinajstić information content (AvgIpc) is 2.86. The van der Waals surface area contributed by atoms with Gasteiger partial charge in [-0.15, -0.1) is 11.8 Å². The van der Waals surface area contributed by atoms with Crippen LogP contribution in [0, 0.1) is 0 Å². The predicted molar refractivity (Wildman–Crippen MR) is 81.8 cm³/mol. The van der Waals surface area contributed by atoms with Crippen LogP contribution in [-0.4, -0.2) is 41.2 Å². The molecule has 0 bridgehead atoms. The fourth-order valence-corrected chi connectivity index (χ4v) is 2.52. The summed E-state index contributed by atoms with van der Waals surface area (Å²) in [5.41, 5.74) is 2.78. The number of fused-ring (bicyclic) bond motifs is 1. The number of nitrogens with zero attached hydrogens (tertiary/aromatic N) is 2. The van der Waals surface area contributed by atoms with Crippen LogP contribution in [0.4, 0.5) is 5.69 Å². The van der Waals surface area contributed by atoms with Crippen LogP contribution in [0.1, 0.15) is 12.5 Å². The predicted octanol–water partition coefficient (Wildman–Crippen LogP) is 2.56. The SMILES string of the molecule is COc1ccc2c(c1)CC(C(=N[C@H](C)C(=O)O)SC)=N2. The molecule has 1 aliphatic rings. The van der Waals surface area contributed by atoms with E-state index in [1.807, 2.05) is 24.5 Å². The van der Waals surface area contributed by atoms with Gasteiger partial charge in [-0.2, -0.15) is 0 Å². The molecule has 106 valence electrons. The van der Waals surface area contributed by atoms with Crippen molar-refractivity contribution in [1.82, 2.24) is 0 Å². The molecule has 0 amide bonds. The standard InChI is InChI=1S/C14H16N2O3S/c1-8(14(17)18)15-13(20-3)12-7-9-6-10(19-2)4-5-11(9)16-12/h4-6,8H,7H2,1-3H3,(H,17,18)/t8-/m1/s1. The molecule has 1 aromatic rings. The van der Waals surface area contributed by atoms with Crippen molar-refractivity contribution < 1.29 is 14.6 Å². The highest BCUT2D eigenvalue weighted by Crippen LogP contribution is 2.31. The summed E-state index contributed by atoms with van der Waals surface area (Å²) in [6.45, 7) is 1.56. The molecule has 0 unspecified atom stereocenters. The number of thioether (sulfide) groups is 1. The molecule has 1 aromatic carbocycles. The molecule has 1 N–H and O–H groups in total. The molecule has 0 aromatic heterocycles. The molecule has 1 atom stereocenters. The van der Waals surface area contributed by atoms with Crippen molar-refractivity contribution in [3.8, 4) is 5.75 Å². The first-order valence-corrected chi connectivity index (χ1v) is 7.37. The summed E-state index contributed by atoms with van der Waals surface area (Å²) in [4.78, 5) is 19.6. The summed E-state index contributed by atoms with van der Waals surface area (Å²) < 4.78 is 5.19. The van der Waals surface area contributed by atoms with Gasteiger partial charge < -0.3 is 9.84 Å². The Morgan fingerprint density at radius 2 is 2.30 bits per heavy atom. The maximum atomic E-state index is 10.9. The van der Waals surface area contributed by atoms with Gasteiger partial charge in [0.15, 0.2) is 0 Å². The van der Waals surface area contributed by atoms with E-state index >= 15 is 0 Å². The third-order valence-electron chi connectivity index (χ3n) is 3.01. The highest BCUT2D eigenvalue weighted by Gasteiger charge is 2.21. The lowest BCUT2D eigenvalue weighted by Crippen LogP contribution is -2.19. The summed E-state index contributed by atoms with van der Waals surface area (Å²) in [5.74, 6) is -0.143. The molecule has 0 saturated heterocycles. The highest BCUT2D eigenvalue weighted by atomic mass is 32.2. The minimum Gasteiger partial charge on any atom is -0.497 e. The lowest BCUT2D eigenvalue weighted by molar-refractivity contribution is -0.137. The molecule has 0 saturated carbocycles. The van der Waals surface area contributed by atoms with E-state index in [9.17, 15) is 4.79 Å². The quantitative estimate of drug-likeness (QED) is 0.684. The first kappa shape index (κ1) is 14.6. The van der Waals surface area contributed by atoms with Gasteiger partial charge in [0, 0.05) is 6.42 Å². The van der Waals surface area contributed by atoms with E-state index in [1.54, 1.807) is 14.0 Å². The van der Waals surface area contributed by atoms with Crippen LogP contribution in [0.25, 0.3) is 0 Å². The third kappa shape index (κ3) is 3.01. The van der Waals surface area contributed by atoms with Crippen molar-refractivity contribution in [3.05, 3.63) is 23.8 Å². The molecular formula is C14H16N2O3S. The van der Waals surface area contributed by atoms with Crippen LogP contribution < -0.4 is 4.74 Å². The van der Waals surface area contributed by atoms with E-state index in [2.05, 4.69) is 9.98 Å². The van der Waals surface area contributed by atoms with Crippen molar-refractivity contribution in [3.63, 3.8) is 0 Å². The minimum absolute atomic E-state index is 0.651. The average molecular weight is 292 g/mol. The number of carboxylic acid groups (broad SMARTS) is 1. The van der Waals surface area contributed by atoms with E-state index in [0.717, 1.165) is 22.7 Å². The topological polar surface area (TPSA) is 71.2 Å². The summed E-state index contributed by atoms with van der Waals surface area (Å²) in [6, 6.07) is 4.95. The van der Waals surface area contributed by atoms with Gasteiger partial charge in [-0.25, -0.2) is 9.79 Å². The molecule has 0 radical (unpaired) electrons. The zero-order valence-corrected chi connectivity index (χ0v) is 12.4. The second kappa shape index (κ2) is 6.09. The van der Waals surface area contributed by atoms with Crippen LogP contribution in [0.3, 0.4) is 0 Å². The molecule has 0 aliphatic carbocycles. The van der Waals surface area contributed by atoms with Crippen LogP contribution in [0.2, 0.25) is 0 Å². The molecule has 2 rings (SSSR count). The Morgan fingerprint density at radius 1 is 1.55 bits per heavy atom. The summed E-state index contributed by atoms with van der Waals surface area (Å²) in [7, 11) is 1.63. The molecule has 1 heterocycles. The molecule has 0 spiro atoms. The lowest BCUT2D eigenvalue weighted by Gasteiger charge is -2.05. The van der Waals surface area contributed by atoms with Crippen molar-refractivity contribution in [2.45, 2.75) is 19.4 Å². The first-order valence-electron chi connectivity index (χ1n) is 6.14. The number of benzene rings is 1. The first-order chi connectivity index (χ1) is 9.55. The highest BCUT2D eigenvalue weighted by molar-refractivity contribution is 8.15. The number of carboxylic acids is 1. The van der Waals surface area contributed by atoms with Crippen molar-refractivity contribution >= 4 is 34.2 Å². The maximum absolute atomic E-state index is 10.9. The van der Waals surface area contributed by atoms with E-state index in [4.69, 9.17) is 9.84 Å². The van der Waals surface area contributed by atoms with Gasteiger partial charge in [0.25, 0.3) is 0 Å². The molecule has 0 fully saturated rings. The third-order valence-corrected chi connectivity index (χ3v) is 3.74. The number of hydrogen-bond acceptors (Lipinski definition) is 5. The normalized spacial score (nSPS) is 15.6. The van der Waals surface area contributed by atoms with Crippen LogP contribution >= 0.6 is 11.8 Å². The Hall–Kier alpha value is -1.82. The van der Waals surface area contributed by atoms with Gasteiger partial charge in [0.2, 0.25) is 0 Å². The Bertz CT molecular complexity index is 596. The summed E-state index contributed by atoms with van der Waals surface area (Å²) >= 11 is 1.42. The molecule has 20 heavy (non-hydrogen) atoms. The van der Waals surface area contributed by atoms with E-state index in [1.165, 1.54) is 11.8 Å². The number of methoxy groups -OCH3 is 1. The Morgan fingerprint density at radius 3 is 2.90 bits per heavy atom. The van der Waals surface area contributed by atoms with Crippen molar-refractivity contribution in [2.75, 3.05) is 13.4 Å². The van der Waals surface area contributed by atoms with Crippen molar-refractivity contribution in [2.24, 2.45) is 9.98 Å². The number of carbonyl (C=O) groups is 1. The molecular weight excluding hydrogens is 276 g/mol. The molecule has 5 nitrogen and oxygen atoms in total. The van der Waals surface area contributed by atoms with E-state index in [-0.39, 0.29) is 0 Å². The van der Waals surface area contributed by atoms with E-state index < -0.39 is 12.0 Å². The van der Waals surface area contributed by atoms with Gasteiger partial charge in [-0.1, -0.05) is 0 Å². The zero-order chi connectivity index (χ0) is 14.7. The van der Waals surface area contributed by atoms with Gasteiger partial charge in [0.05, 0.1) is 18.5 Å². The maximum Gasteiger partial charge on any atom is 0.328 e. The van der Waals surface area contributed by atoms with Crippen LogP contribution in [0.15, 0.2) is 28.2 Å². The Labute approximate surface area is 121 Å². The van der Waals surface area contributed by atoms with Gasteiger partial charge in [0.1, 0.15) is 16.8 Å².